The highest BCUT2D eigenvalue weighted by molar-refractivity contribution is 5.95. The van der Waals surface area contributed by atoms with Crippen LogP contribution >= 0.6 is 0 Å². The number of likely N-dealkylation sites (tertiary alicyclic amines) is 1. The Labute approximate surface area is 143 Å². The first kappa shape index (κ1) is 16.6. The molecule has 128 valence electrons. The van der Waals surface area contributed by atoms with E-state index in [0.29, 0.717) is 5.56 Å². The second kappa shape index (κ2) is 6.36. The summed E-state index contributed by atoms with van der Waals surface area (Å²) in [6.45, 7) is 7.04. The van der Waals surface area contributed by atoms with Gasteiger partial charge >= 0.3 is 0 Å². The van der Waals surface area contributed by atoms with Gasteiger partial charge in [-0.3, -0.25) is 4.79 Å². The number of carbonyl (C=O) groups is 1. The van der Waals surface area contributed by atoms with E-state index < -0.39 is 0 Å². The second-order valence-corrected chi connectivity index (χ2v) is 7.20. The van der Waals surface area contributed by atoms with E-state index in [0.717, 1.165) is 37.6 Å². The van der Waals surface area contributed by atoms with Crippen molar-refractivity contribution < 1.29 is 4.79 Å². The number of amides is 1. The first-order chi connectivity index (χ1) is 11.4. The van der Waals surface area contributed by atoms with Gasteiger partial charge in [-0.05, 0) is 44.5 Å². The molecule has 2 aromatic heterocycles. The lowest BCUT2D eigenvalue weighted by molar-refractivity contribution is 0.0729. The Bertz CT molecular complexity index is 726. The molecule has 0 spiro atoms. The van der Waals surface area contributed by atoms with Crippen LogP contribution < -0.4 is 0 Å². The van der Waals surface area contributed by atoms with E-state index in [4.69, 9.17) is 0 Å². The number of aromatic nitrogens is 3. The smallest absolute Gasteiger partial charge is 0.257 e. The Morgan fingerprint density at radius 1 is 1.42 bits per heavy atom. The molecule has 2 aromatic rings. The molecule has 0 saturated carbocycles. The van der Waals surface area contributed by atoms with Crippen LogP contribution in [0.3, 0.4) is 0 Å². The molecule has 1 saturated heterocycles. The number of nitrogens with zero attached hydrogens (tertiary/aromatic N) is 5. The topological polar surface area (TPSA) is 54.3 Å². The summed E-state index contributed by atoms with van der Waals surface area (Å²) in [6.07, 6.45) is 4.49. The van der Waals surface area contributed by atoms with Gasteiger partial charge in [-0.15, -0.1) is 0 Å². The summed E-state index contributed by atoms with van der Waals surface area (Å²) >= 11 is 0. The highest BCUT2D eigenvalue weighted by Gasteiger charge is 2.34. The van der Waals surface area contributed by atoms with Gasteiger partial charge in [-0.2, -0.15) is 5.10 Å². The zero-order valence-electron chi connectivity index (χ0n) is 14.9. The lowest BCUT2D eigenvalue weighted by atomic mass is 9.89. The lowest BCUT2D eigenvalue weighted by Crippen LogP contribution is -2.38. The maximum atomic E-state index is 12.9. The van der Waals surface area contributed by atoms with Gasteiger partial charge in [0.25, 0.3) is 5.91 Å². The van der Waals surface area contributed by atoms with Gasteiger partial charge in [0.15, 0.2) is 5.82 Å². The molecule has 24 heavy (non-hydrogen) atoms. The van der Waals surface area contributed by atoms with Crippen molar-refractivity contribution in [3.63, 3.8) is 0 Å². The fourth-order valence-electron chi connectivity index (χ4n) is 3.58. The highest BCUT2D eigenvalue weighted by atomic mass is 16.2. The van der Waals surface area contributed by atoms with Gasteiger partial charge in [0.1, 0.15) is 0 Å². The van der Waals surface area contributed by atoms with Crippen LogP contribution in [0.5, 0.6) is 0 Å². The molecule has 6 heteroatoms. The Kier molecular flexibility index (Phi) is 4.41. The predicted octanol–water partition coefficient (Wildman–Crippen LogP) is 1.99. The molecular weight excluding hydrogens is 302 g/mol. The van der Waals surface area contributed by atoms with Gasteiger partial charge in [0.2, 0.25) is 0 Å². The fourth-order valence-corrected chi connectivity index (χ4v) is 3.58. The molecule has 3 rings (SSSR count). The average Bonchev–Trinajstić information content (AvgIpc) is 3.10. The number of hydrogen-bond acceptors (Lipinski definition) is 4. The van der Waals surface area contributed by atoms with Crippen molar-refractivity contribution in [2.24, 2.45) is 5.41 Å². The molecule has 0 aromatic carbocycles. The zero-order valence-corrected chi connectivity index (χ0v) is 14.9. The van der Waals surface area contributed by atoms with Crippen molar-refractivity contribution in [3.8, 4) is 5.82 Å². The summed E-state index contributed by atoms with van der Waals surface area (Å²) in [4.78, 5) is 21.3. The van der Waals surface area contributed by atoms with E-state index in [9.17, 15) is 4.79 Å². The molecule has 0 unspecified atom stereocenters. The minimum Gasteiger partial charge on any atom is -0.341 e. The quantitative estimate of drug-likeness (QED) is 0.862. The van der Waals surface area contributed by atoms with Gasteiger partial charge < -0.3 is 9.80 Å². The molecule has 0 aliphatic carbocycles. The molecule has 0 N–H and O–H groups in total. The third-order valence-electron chi connectivity index (χ3n) is 4.82. The molecular formula is C18H25N5O. The van der Waals surface area contributed by atoms with Gasteiger partial charge in [0.05, 0.1) is 17.5 Å². The standard InChI is InChI=1S/C18H25N5O/c1-14-15(11-20-23(14)16-7-5-6-9-19-16)17(24)22(4)13-18(2)8-10-21(3)12-18/h5-7,9,11H,8,10,12-13H2,1-4H3/t18-/m0/s1. The van der Waals surface area contributed by atoms with Crippen LogP contribution in [0, 0.1) is 12.3 Å². The Morgan fingerprint density at radius 2 is 2.21 bits per heavy atom. The molecule has 1 amide bonds. The van der Waals surface area contributed by atoms with Crippen molar-refractivity contribution >= 4 is 5.91 Å². The minimum atomic E-state index is 0.0189. The number of rotatable bonds is 4. The maximum Gasteiger partial charge on any atom is 0.257 e. The van der Waals surface area contributed by atoms with Crippen molar-refractivity contribution in [2.45, 2.75) is 20.3 Å². The molecule has 0 bridgehead atoms. The summed E-state index contributed by atoms with van der Waals surface area (Å²) in [6, 6.07) is 5.66. The molecule has 6 nitrogen and oxygen atoms in total. The molecule has 1 aliphatic heterocycles. The van der Waals surface area contributed by atoms with Crippen molar-refractivity contribution in [1.82, 2.24) is 24.6 Å². The zero-order chi connectivity index (χ0) is 17.3. The van der Waals surface area contributed by atoms with Crippen LogP contribution in [-0.2, 0) is 0 Å². The van der Waals surface area contributed by atoms with Crippen molar-refractivity contribution in [3.05, 3.63) is 41.9 Å². The third kappa shape index (κ3) is 3.19. The SMILES string of the molecule is Cc1c(C(=O)N(C)C[C@@]2(C)CCN(C)C2)cnn1-c1ccccn1. The lowest BCUT2D eigenvalue weighted by Gasteiger charge is -2.29. The minimum absolute atomic E-state index is 0.0189. The number of pyridine rings is 1. The summed E-state index contributed by atoms with van der Waals surface area (Å²) in [5.74, 6) is 0.742. The van der Waals surface area contributed by atoms with Gasteiger partial charge in [0, 0.05) is 26.3 Å². The molecule has 1 fully saturated rings. The Morgan fingerprint density at radius 3 is 2.83 bits per heavy atom. The molecule has 3 heterocycles. The first-order valence-corrected chi connectivity index (χ1v) is 8.30. The van der Waals surface area contributed by atoms with Crippen molar-refractivity contribution in [2.75, 3.05) is 33.7 Å². The third-order valence-corrected chi connectivity index (χ3v) is 4.82. The second-order valence-electron chi connectivity index (χ2n) is 7.20. The molecule has 0 radical (unpaired) electrons. The van der Waals surface area contributed by atoms with E-state index in [1.54, 1.807) is 17.1 Å². The predicted molar refractivity (Wildman–Crippen MR) is 93.3 cm³/mol. The maximum absolute atomic E-state index is 12.9. The van der Waals surface area contributed by atoms with E-state index >= 15 is 0 Å². The highest BCUT2D eigenvalue weighted by Crippen LogP contribution is 2.30. The normalized spacial score (nSPS) is 21.2. The van der Waals surface area contributed by atoms with Crippen LogP contribution in [0.2, 0.25) is 0 Å². The van der Waals surface area contributed by atoms with Gasteiger partial charge in [-0.25, -0.2) is 9.67 Å². The van der Waals surface area contributed by atoms with E-state index in [2.05, 4.69) is 29.0 Å². The van der Waals surface area contributed by atoms with Crippen LogP contribution in [0.1, 0.15) is 29.4 Å². The summed E-state index contributed by atoms with van der Waals surface area (Å²) in [5, 5.41) is 4.35. The van der Waals surface area contributed by atoms with Crippen LogP contribution in [-0.4, -0.2) is 64.2 Å². The number of hydrogen-bond donors (Lipinski definition) is 0. The van der Waals surface area contributed by atoms with E-state index in [1.165, 1.54) is 0 Å². The summed E-state index contributed by atoms with van der Waals surface area (Å²) in [5.41, 5.74) is 1.61. The Balaban J connectivity index is 1.77. The van der Waals surface area contributed by atoms with Crippen molar-refractivity contribution in [1.29, 1.82) is 0 Å². The Hall–Kier alpha value is -2.21. The monoisotopic (exact) mass is 327 g/mol. The van der Waals surface area contributed by atoms with E-state index in [1.807, 2.05) is 37.1 Å². The van der Waals surface area contributed by atoms with Crippen LogP contribution in [0.25, 0.3) is 5.82 Å². The van der Waals surface area contributed by atoms with Crippen LogP contribution in [0.15, 0.2) is 30.6 Å². The van der Waals surface area contributed by atoms with Gasteiger partial charge in [-0.1, -0.05) is 13.0 Å². The summed E-state index contributed by atoms with van der Waals surface area (Å²) < 4.78 is 1.71. The fraction of sp³-hybridized carbons (Fsp3) is 0.500. The molecule has 1 aliphatic rings. The van der Waals surface area contributed by atoms with E-state index in [-0.39, 0.29) is 11.3 Å². The number of carbonyl (C=O) groups excluding carboxylic acids is 1. The first-order valence-electron chi connectivity index (χ1n) is 8.30. The molecule has 1 atom stereocenters. The summed E-state index contributed by atoms with van der Waals surface area (Å²) in [7, 11) is 4.01. The average molecular weight is 327 g/mol. The van der Waals surface area contributed by atoms with Crippen LogP contribution in [0.4, 0.5) is 0 Å². The largest absolute Gasteiger partial charge is 0.341 e.